The largest absolute Gasteiger partial charge is 0.324 e. The van der Waals surface area contributed by atoms with Gasteiger partial charge in [0.2, 0.25) is 15.9 Å². The highest BCUT2D eigenvalue weighted by Crippen LogP contribution is 2.22. The van der Waals surface area contributed by atoms with Gasteiger partial charge in [-0.15, -0.1) is 23.2 Å². The molecule has 2 heterocycles. The quantitative estimate of drug-likeness (QED) is 0.383. The summed E-state index contributed by atoms with van der Waals surface area (Å²) in [7, 11) is -4.13. The fourth-order valence-electron chi connectivity index (χ4n) is 3.75. The third-order valence-electron chi connectivity index (χ3n) is 5.70. The van der Waals surface area contributed by atoms with E-state index < -0.39 is 49.3 Å². The van der Waals surface area contributed by atoms with Crippen LogP contribution in [0.1, 0.15) is 32.6 Å². The van der Waals surface area contributed by atoms with Crippen LogP contribution in [0.2, 0.25) is 0 Å². The Hall–Kier alpha value is -1.50. The summed E-state index contributed by atoms with van der Waals surface area (Å²) in [4.78, 5) is 24.4. The summed E-state index contributed by atoms with van der Waals surface area (Å²) < 4.78 is 42.1. The second kappa shape index (κ2) is 11.3. The normalized spacial score (nSPS) is 25.0. The number of hydrogen-bond donors (Lipinski definition) is 4. The Morgan fingerprint density at radius 2 is 2.09 bits per heavy atom. The van der Waals surface area contributed by atoms with Gasteiger partial charge in [-0.25, -0.2) is 23.0 Å². The average Bonchev–Trinajstić information content (AvgIpc) is 2.79. The maximum absolute atomic E-state index is 14.3. The minimum Gasteiger partial charge on any atom is -0.324 e. The number of alkyl halides is 2. The third kappa shape index (κ3) is 6.55. The van der Waals surface area contributed by atoms with Crippen molar-refractivity contribution in [3.63, 3.8) is 0 Å². The van der Waals surface area contributed by atoms with E-state index in [0.29, 0.717) is 6.42 Å². The summed E-state index contributed by atoms with van der Waals surface area (Å²) in [5.74, 6) is -2.10. The topological polar surface area (TPSA) is 120 Å². The van der Waals surface area contributed by atoms with E-state index in [9.17, 15) is 22.4 Å². The second-order valence-corrected chi connectivity index (χ2v) is 10.9. The molecule has 4 atom stereocenters. The molecule has 0 aromatic heterocycles. The van der Waals surface area contributed by atoms with Crippen LogP contribution in [-0.4, -0.2) is 67.7 Å². The number of hydrazine groups is 1. The number of carbonyl (C=O) groups excluding carboxylic acids is 2. The van der Waals surface area contributed by atoms with Crippen molar-refractivity contribution in [2.24, 2.45) is 0 Å². The Morgan fingerprint density at radius 1 is 1.33 bits per heavy atom. The highest BCUT2D eigenvalue weighted by molar-refractivity contribution is 7.89. The highest BCUT2D eigenvalue weighted by Gasteiger charge is 2.38. The van der Waals surface area contributed by atoms with Crippen molar-refractivity contribution < 1.29 is 22.4 Å². The first-order chi connectivity index (χ1) is 15.6. The Kier molecular flexibility index (Phi) is 8.93. The van der Waals surface area contributed by atoms with Crippen LogP contribution in [0.3, 0.4) is 0 Å². The molecule has 33 heavy (non-hydrogen) atoms. The SMILES string of the molecule is C[C@H](C(=O)Nc1ccc(F)c(S(=O)(=O)NCCC2CCCCN2)c1)N1NCC(Cl)C(Cl)C1=O. The van der Waals surface area contributed by atoms with Gasteiger partial charge in [-0.2, -0.15) is 0 Å². The van der Waals surface area contributed by atoms with Crippen molar-refractivity contribution in [2.75, 3.05) is 25.0 Å². The molecule has 2 amide bonds. The predicted octanol–water partition coefficient (Wildman–Crippen LogP) is 1.52. The molecule has 2 saturated heterocycles. The zero-order valence-corrected chi connectivity index (χ0v) is 20.4. The van der Waals surface area contributed by atoms with E-state index in [1.54, 1.807) is 0 Å². The monoisotopic (exact) mass is 523 g/mol. The minimum absolute atomic E-state index is 0.0738. The van der Waals surface area contributed by atoms with Crippen LogP contribution in [-0.2, 0) is 19.6 Å². The molecule has 4 N–H and O–H groups in total. The number of anilines is 1. The summed E-state index contributed by atoms with van der Waals surface area (Å²) in [5, 5.41) is 5.32. The van der Waals surface area contributed by atoms with Crippen molar-refractivity contribution in [2.45, 2.75) is 60.3 Å². The van der Waals surface area contributed by atoms with Gasteiger partial charge in [0.05, 0.1) is 5.38 Å². The summed E-state index contributed by atoms with van der Waals surface area (Å²) in [6.45, 7) is 2.74. The van der Waals surface area contributed by atoms with Crippen LogP contribution in [0.5, 0.6) is 0 Å². The van der Waals surface area contributed by atoms with Crippen LogP contribution >= 0.6 is 23.2 Å². The van der Waals surface area contributed by atoms with Gasteiger partial charge in [0, 0.05) is 24.8 Å². The smallest absolute Gasteiger partial charge is 0.257 e. The van der Waals surface area contributed by atoms with E-state index in [1.807, 2.05) is 0 Å². The van der Waals surface area contributed by atoms with Crippen LogP contribution in [0, 0.1) is 5.82 Å². The lowest BCUT2D eigenvalue weighted by molar-refractivity contribution is -0.143. The molecule has 0 spiro atoms. The Labute approximate surface area is 202 Å². The van der Waals surface area contributed by atoms with Gasteiger partial charge in [-0.05, 0) is 50.9 Å². The molecule has 2 aliphatic rings. The molecule has 0 radical (unpaired) electrons. The summed E-state index contributed by atoms with van der Waals surface area (Å²) in [6, 6.07) is 2.51. The van der Waals surface area contributed by atoms with Gasteiger partial charge < -0.3 is 10.6 Å². The Balaban J connectivity index is 1.63. The molecule has 2 fully saturated rings. The van der Waals surface area contributed by atoms with Crippen molar-refractivity contribution in [1.29, 1.82) is 0 Å². The first-order valence-corrected chi connectivity index (χ1v) is 13.1. The fourth-order valence-corrected chi connectivity index (χ4v) is 5.27. The number of nitrogens with zero attached hydrogens (tertiary/aromatic N) is 1. The maximum Gasteiger partial charge on any atom is 0.257 e. The van der Waals surface area contributed by atoms with Crippen LogP contribution < -0.4 is 20.8 Å². The van der Waals surface area contributed by atoms with E-state index >= 15 is 0 Å². The number of piperidine rings is 1. The standard InChI is InChI=1S/C20H28Cl2FN5O4S/c1-12(28-20(30)18(22)15(21)11-25-28)19(29)27-14-5-6-16(23)17(10-14)33(31,32)26-9-7-13-4-2-3-8-24-13/h5-6,10,12-13,15,18,24-26H,2-4,7-9,11H2,1H3,(H,27,29)/t12-,13?,15?,18?/m1/s1. The summed E-state index contributed by atoms with van der Waals surface area (Å²) in [6.07, 6.45) is 3.76. The number of amides is 2. The fraction of sp³-hybridized carbons (Fsp3) is 0.600. The lowest BCUT2D eigenvalue weighted by Crippen LogP contribution is -2.62. The van der Waals surface area contributed by atoms with Crippen molar-refractivity contribution in [3.05, 3.63) is 24.0 Å². The molecule has 9 nitrogen and oxygen atoms in total. The van der Waals surface area contributed by atoms with Gasteiger partial charge in [-0.3, -0.25) is 14.6 Å². The molecular formula is C20H28Cl2FN5O4S. The molecule has 3 unspecified atom stereocenters. The molecule has 1 aromatic carbocycles. The van der Waals surface area contributed by atoms with Crippen LogP contribution in [0.25, 0.3) is 0 Å². The minimum atomic E-state index is -4.13. The van der Waals surface area contributed by atoms with Crippen LogP contribution in [0.15, 0.2) is 23.1 Å². The highest BCUT2D eigenvalue weighted by atomic mass is 35.5. The third-order valence-corrected chi connectivity index (χ3v) is 8.20. The molecule has 0 bridgehead atoms. The van der Waals surface area contributed by atoms with Gasteiger partial charge in [0.25, 0.3) is 5.91 Å². The second-order valence-electron chi connectivity index (χ2n) is 8.13. The number of rotatable bonds is 8. The van der Waals surface area contributed by atoms with Gasteiger partial charge in [0.15, 0.2) is 0 Å². The van der Waals surface area contributed by atoms with Gasteiger partial charge in [0.1, 0.15) is 22.1 Å². The lowest BCUT2D eigenvalue weighted by atomic mass is 10.0. The first-order valence-electron chi connectivity index (χ1n) is 10.8. The van der Waals surface area contributed by atoms with E-state index in [4.69, 9.17) is 23.2 Å². The Bertz CT molecular complexity index is 977. The molecule has 1 aromatic rings. The van der Waals surface area contributed by atoms with E-state index in [2.05, 4.69) is 20.8 Å². The van der Waals surface area contributed by atoms with Crippen molar-refractivity contribution in [1.82, 2.24) is 20.5 Å². The number of nitrogens with one attached hydrogen (secondary N) is 4. The zero-order valence-electron chi connectivity index (χ0n) is 18.1. The average molecular weight is 524 g/mol. The number of carbonyl (C=O) groups is 2. The lowest BCUT2D eigenvalue weighted by Gasteiger charge is -2.36. The van der Waals surface area contributed by atoms with E-state index in [-0.39, 0.29) is 24.8 Å². The molecule has 0 saturated carbocycles. The molecule has 2 aliphatic heterocycles. The molecule has 0 aliphatic carbocycles. The number of halogens is 3. The maximum atomic E-state index is 14.3. The van der Waals surface area contributed by atoms with Gasteiger partial charge >= 0.3 is 0 Å². The van der Waals surface area contributed by atoms with Crippen molar-refractivity contribution in [3.8, 4) is 0 Å². The molecular weight excluding hydrogens is 496 g/mol. The number of hydrogen-bond acceptors (Lipinski definition) is 6. The summed E-state index contributed by atoms with van der Waals surface area (Å²) in [5.41, 5.74) is 2.82. The van der Waals surface area contributed by atoms with Gasteiger partial charge in [-0.1, -0.05) is 6.42 Å². The molecule has 184 valence electrons. The van der Waals surface area contributed by atoms with Crippen LogP contribution in [0.4, 0.5) is 10.1 Å². The Morgan fingerprint density at radius 3 is 2.79 bits per heavy atom. The zero-order chi connectivity index (χ0) is 24.2. The number of sulfonamides is 1. The van der Waals surface area contributed by atoms with Crippen molar-refractivity contribution >= 4 is 50.7 Å². The number of benzene rings is 1. The van der Waals surface area contributed by atoms with E-state index in [0.717, 1.165) is 42.9 Å². The molecule has 13 heteroatoms. The molecule has 3 rings (SSSR count). The predicted molar refractivity (Wildman–Crippen MR) is 124 cm³/mol. The van der Waals surface area contributed by atoms with E-state index in [1.165, 1.54) is 13.0 Å². The summed E-state index contributed by atoms with van der Waals surface area (Å²) >= 11 is 11.9. The first kappa shape index (κ1) is 26.1.